The molecule has 15 heavy (non-hydrogen) atoms. The highest BCUT2D eigenvalue weighted by molar-refractivity contribution is 5.14. The van der Waals surface area contributed by atoms with Crippen molar-refractivity contribution in [2.45, 2.75) is 33.5 Å². The van der Waals surface area contributed by atoms with E-state index in [0.29, 0.717) is 0 Å². The highest BCUT2D eigenvalue weighted by atomic mass is 16.5. The summed E-state index contributed by atoms with van der Waals surface area (Å²) < 4.78 is 5.59. The van der Waals surface area contributed by atoms with E-state index < -0.39 is 0 Å². The lowest BCUT2D eigenvalue weighted by Crippen LogP contribution is -2.34. The van der Waals surface area contributed by atoms with Crippen molar-refractivity contribution in [3.05, 3.63) is 35.9 Å². The Morgan fingerprint density at radius 3 is 2.40 bits per heavy atom. The summed E-state index contributed by atoms with van der Waals surface area (Å²) in [6, 6.07) is 10.5. The normalized spacial score (nSPS) is 13.1. The second-order valence-corrected chi connectivity index (χ2v) is 3.60. The van der Waals surface area contributed by atoms with Crippen LogP contribution in [0.15, 0.2) is 30.3 Å². The van der Waals surface area contributed by atoms with Gasteiger partial charge in [-0.05, 0) is 26.0 Å². The molecular formula is C13H21NO. The molecule has 0 N–H and O–H groups in total. The molecule has 0 spiro atoms. The van der Waals surface area contributed by atoms with Gasteiger partial charge < -0.3 is 4.74 Å². The van der Waals surface area contributed by atoms with Crippen LogP contribution in [-0.4, -0.2) is 24.3 Å². The lowest BCUT2D eigenvalue weighted by molar-refractivity contribution is -0.0440. The molecule has 2 nitrogen and oxygen atoms in total. The summed E-state index contributed by atoms with van der Waals surface area (Å²) >= 11 is 0. The number of nitrogens with zero attached hydrogens (tertiary/aromatic N) is 1. The Hall–Kier alpha value is -0.860. The van der Waals surface area contributed by atoms with Gasteiger partial charge >= 0.3 is 0 Å². The number of ether oxygens (including phenoxy) is 1. The fraction of sp³-hybridized carbons (Fsp3) is 0.538. The van der Waals surface area contributed by atoms with E-state index in [4.69, 9.17) is 4.74 Å². The first-order chi connectivity index (χ1) is 7.27. The van der Waals surface area contributed by atoms with Crippen LogP contribution in [0, 0.1) is 0 Å². The second-order valence-electron chi connectivity index (χ2n) is 3.60. The fourth-order valence-corrected chi connectivity index (χ4v) is 1.66. The Labute approximate surface area is 92.9 Å². The molecule has 0 aromatic heterocycles. The standard InChI is InChI=1S/C13H21NO/c1-4-14(12(3)15-5-2)11-13-9-7-6-8-10-13/h6-10,12H,4-5,11H2,1-3H3. The van der Waals surface area contributed by atoms with Crippen LogP contribution in [0.1, 0.15) is 26.3 Å². The van der Waals surface area contributed by atoms with Gasteiger partial charge in [-0.25, -0.2) is 0 Å². The Kier molecular flexibility index (Phi) is 5.37. The summed E-state index contributed by atoms with van der Waals surface area (Å²) in [6.45, 7) is 9.04. The predicted molar refractivity (Wildman–Crippen MR) is 63.6 cm³/mol. The first-order valence-corrected chi connectivity index (χ1v) is 5.67. The summed E-state index contributed by atoms with van der Waals surface area (Å²) in [4.78, 5) is 2.32. The van der Waals surface area contributed by atoms with Gasteiger partial charge in [-0.3, -0.25) is 4.90 Å². The lowest BCUT2D eigenvalue weighted by atomic mass is 10.2. The third-order valence-corrected chi connectivity index (χ3v) is 2.56. The van der Waals surface area contributed by atoms with Crippen LogP contribution in [0.4, 0.5) is 0 Å². The molecule has 0 fully saturated rings. The molecule has 1 atom stereocenters. The van der Waals surface area contributed by atoms with E-state index in [2.05, 4.69) is 43.0 Å². The van der Waals surface area contributed by atoms with Crippen LogP contribution >= 0.6 is 0 Å². The third kappa shape index (κ3) is 4.02. The zero-order valence-electron chi connectivity index (χ0n) is 9.94. The minimum Gasteiger partial charge on any atom is -0.364 e. The van der Waals surface area contributed by atoms with Crippen LogP contribution in [0.3, 0.4) is 0 Å². The minimum atomic E-state index is 0.195. The zero-order chi connectivity index (χ0) is 11.1. The van der Waals surface area contributed by atoms with Crippen molar-refractivity contribution >= 4 is 0 Å². The number of hydrogen-bond acceptors (Lipinski definition) is 2. The molecule has 0 heterocycles. The quantitative estimate of drug-likeness (QED) is 0.665. The van der Waals surface area contributed by atoms with Crippen molar-refractivity contribution in [1.82, 2.24) is 4.90 Å². The van der Waals surface area contributed by atoms with E-state index in [0.717, 1.165) is 19.7 Å². The maximum atomic E-state index is 5.59. The smallest absolute Gasteiger partial charge is 0.108 e. The number of rotatable bonds is 6. The molecule has 0 aliphatic heterocycles. The van der Waals surface area contributed by atoms with Gasteiger partial charge in [0.05, 0.1) is 0 Å². The number of benzene rings is 1. The molecule has 2 heteroatoms. The first-order valence-electron chi connectivity index (χ1n) is 5.67. The van der Waals surface area contributed by atoms with Crippen LogP contribution in [0.25, 0.3) is 0 Å². The average Bonchev–Trinajstić information content (AvgIpc) is 2.27. The fourth-order valence-electron chi connectivity index (χ4n) is 1.66. The van der Waals surface area contributed by atoms with Crippen molar-refractivity contribution < 1.29 is 4.74 Å². The zero-order valence-corrected chi connectivity index (χ0v) is 9.94. The molecule has 0 saturated heterocycles. The van der Waals surface area contributed by atoms with Crippen molar-refractivity contribution in [1.29, 1.82) is 0 Å². The molecule has 1 aromatic rings. The van der Waals surface area contributed by atoms with Crippen molar-refractivity contribution in [3.8, 4) is 0 Å². The van der Waals surface area contributed by atoms with Gasteiger partial charge in [-0.2, -0.15) is 0 Å². The summed E-state index contributed by atoms with van der Waals surface area (Å²) in [5, 5.41) is 0. The van der Waals surface area contributed by atoms with Crippen molar-refractivity contribution in [2.75, 3.05) is 13.2 Å². The Morgan fingerprint density at radius 1 is 1.20 bits per heavy atom. The maximum Gasteiger partial charge on any atom is 0.108 e. The predicted octanol–water partition coefficient (Wildman–Crippen LogP) is 2.89. The van der Waals surface area contributed by atoms with Gasteiger partial charge in [0.15, 0.2) is 0 Å². The molecule has 0 saturated carbocycles. The monoisotopic (exact) mass is 207 g/mol. The number of hydrogen-bond donors (Lipinski definition) is 0. The summed E-state index contributed by atoms with van der Waals surface area (Å²) in [5.41, 5.74) is 1.34. The van der Waals surface area contributed by atoms with E-state index in [9.17, 15) is 0 Å². The van der Waals surface area contributed by atoms with Gasteiger partial charge in [0.25, 0.3) is 0 Å². The molecule has 0 radical (unpaired) electrons. The molecular weight excluding hydrogens is 186 g/mol. The molecule has 0 bridgehead atoms. The van der Waals surface area contributed by atoms with Crippen molar-refractivity contribution in [3.63, 3.8) is 0 Å². The molecule has 84 valence electrons. The second kappa shape index (κ2) is 6.59. The van der Waals surface area contributed by atoms with Crippen LogP contribution in [0.5, 0.6) is 0 Å². The lowest BCUT2D eigenvalue weighted by Gasteiger charge is -2.27. The molecule has 0 aliphatic rings. The minimum absolute atomic E-state index is 0.195. The van der Waals surface area contributed by atoms with Crippen LogP contribution < -0.4 is 0 Å². The van der Waals surface area contributed by atoms with Gasteiger partial charge in [0.1, 0.15) is 6.23 Å². The van der Waals surface area contributed by atoms with E-state index in [-0.39, 0.29) is 6.23 Å². The third-order valence-electron chi connectivity index (χ3n) is 2.56. The SMILES string of the molecule is CCOC(C)N(CC)Cc1ccccc1. The molecule has 0 amide bonds. The molecule has 1 rings (SSSR count). The molecule has 0 aliphatic carbocycles. The summed E-state index contributed by atoms with van der Waals surface area (Å²) in [6.07, 6.45) is 0.195. The Bertz CT molecular complexity index is 260. The average molecular weight is 207 g/mol. The first kappa shape index (κ1) is 12.2. The Morgan fingerprint density at radius 2 is 1.87 bits per heavy atom. The van der Waals surface area contributed by atoms with Gasteiger partial charge in [-0.1, -0.05) is 37.3 Å². The van der Waals surface area contributed by atoms with Gasteiger partial charge in [0.2, 0.25) is 0 Å². The summed E-state index contributed by atoms with van der Waals surface area (Å²) in [5.74, 6) is 0. The van der Waals surface area contributed by atoms with E-state index in [1.165, 1.54) is 5.56 Å². The largest absolute Gasteiger partial charge is 0.364 e. The van der Waals surface area contributed by atoms with Crippen LogP contribution in [-0.2, 0) is 11.3 Å². The molecule has 1 aromatic carbocycles. The van der Waals surface area contributed by atoms with E-state index in [1.54, 1.807) is 0 Å². The highest BCUT2D eigenvalue weighted by Crippen LogP contribution is 2.08. The maximum absolute atomic E-state index is 5.59. The van der Waals surface area contributed by atoms with Crippen LogP contribution in [0.2, 0.25) is 0 Å². The topological polar surface area (TPSA) is 12.5 Å². The van der Waals surface area contributed by atoms with Crippen molar-refractivity contribution in [2.24, 2.45) is 0 Å². The molecule has 1 unspecified atom stereocenters. The Balaban J connectivity index is 2.53. The highest BCUT2D eigenvalue weighted by Gasteiger charge is 2.11. The van der Waals surface area contributed by atoms with Gasteiger partial charge in [-0.15, -0.1) is 0 Å². The van der Waals surface area contributed by atoms with Gasteiger partial charge in [0, 0.05) is 13.2 Å². The van der Waals surface area contributed by atoms with E-state index >= 15 is 0 Å². The van der Waals surface area contributed by atoms with E-state index in [1.807, 2.05) is 13.0 Å². The summed E-state index contributed by atoms with van der Waals surface area (Å²) in [7, 11) is 0.